The molecule has 0 aromatic rings. The number of Topliss-reactive ketones (excluding diaryl/α,β-unsaturated/α-hetero) is 1. The summed E-state index contributed by atoms with van der Waals surface area (Å²) in [4.78, 5) is 24.1. The number of aliphatic hydroxyl groups is 1. The molecule has 1 N–H and O–H groups in total. The molecule has 2 aliphatic carbocycles. The molecule has 1 saturated carbocycles. The number of ketones is 2. The number of methoxy groups -OCH3 is 1. The zero-order valence-corrected chi connectivity index (χ0v) is 13.4. The van der Waals surface area contributed by atoms with Crippen molar-refractivity contribution >= 4 is 11.6 Å². The van der Waals surface area contributed by atoms with Crippen molar-refractivity contribution in [2.75, 3.05) is 7.11 Å². The van der Waals surface area contributed by atoms with Crippen molar-refractivity contribution in [3.8, 4) is 0 Å². The highest BCUT2D eigenvalue weighted by Crippen LogP contribution is 2.38. The fourth-order valence-electron chi connectivity index (χ4n) is 2.97. The zero-order valence-electron chi connectivity index (χ0n) is 13.4. The Bertz CT molecular complexity index is 627. The number of hydrogen-bond acceptors (Lipinski definition) is 4. The summed E-state index contributed by atoms with van der Waals surface area (Å²) in [6, 6.07) is 0. The lowest BCUT2D eigenvalue weighted by atomic mass is 9.76. The van der Waals surface area contributed by atoms with Crippen molar-refractivity contribution in [2.45, 2.75) is 39.5 Å². The predicted molar refractivity (Wildman–Crippen MR) is 84.2 cm³/mol. The minimum atomic E-state index is -0.624. The lowest BCUT2D eigenvalue weighted by Crippen LogP contribution is -2.23. The highest BCUT2D eigenvalue weighted by atomic mass is 16.5. The van der Waals surface area contributed by atoms with Gasteiger partial charge in [-0.05, 0) is 45.4 Å². The van der Waals surface area contributed by atoms with Gasteiger partial charge in [-0.2, -0.15) is 0 Å². The molecule has 0 unspecified atom stereocenters. The number of ether oxygens (including phenoxy) is 1. The Morgan fingerprint density at radius 3 is 2.64 bits per heavy atom. The number of carbonyl (C=O) groups is 2. The first-order chi connectivity index (χ1) is 10.3. The third-order valence-electron chi connectivity index (χ3n) is 4.48. The Morgan fingerprint density at radius 1 is 1.36 bits per heavy atom. The summed E-state index contributed by atoms with van der Waals surface area (Å²) >= 11 is 0. The normalized spacial score (nSPS) is 22.9. The minimum absolute atomic E-state index is 0.0880. The van der Waals surface area contributed by atoms with Crippen LogP contribution in [0.4, 0.5) is 0 Å². The van der Waals surface area contributed by atoms with Gasteiger partial charge in [-0.1, -0.05) is 23.3 Å². The van der Waals surface area contributed by atoms with Gasteiger partial charge >= 0.3 is 0 Å². The van der Waals surface area contributed by atoms with Crippen LogP contribution in [0, 0.1) is 5.92 Å². The molecule has 0 saturated heterocycles. The Morgan fingerprint density at radius 2 is 2.05 bits per heavy atom. The van der Waals surface area contributed by atoms with Crippen molar-refractivity contribution in [2.24, 2.45) is 5.92 Å². The molecule has 2 aliphatic rings. The predicted octanol–water partition coefficient (Wildman–Crippen LogP) is 3.56. The fraction of sp³-hybridized carbons (Fsp3) is 0.444. The quantitative estimate of drug-likeness (QED) is 0.639. The molecule has 1 fully saturated rings. The Kier molecular flexibility index (Phi) is 4.69. The molecule has 0 heterocycles. The number of aliphatic hydroxyl groups excluding tert-OH is 1. The second-order valence-corrected chi connectivity index (χ2v) is 6.10. The number of carbonyl (C=O) groups excluding carboxylic acids is 2. The molecule has 2 rings (SSSR count). The van der Waals surface area contributed by atoms with Crippen LogP contribution in [-0.4, -0.2) is 23.8 Å². The van der Waals surface area contributed by atoms with Crippen molar-refractivity contribution in [3.63, 3.8) is 0 Å². The van der Waals surface area contributed by atoms with E-state index in [1.165, 1.54) is 18.3 Å². The monoisotopic (exact) mass is 302 g/mol. The van der Waals surface area contributed by atoms with Crippen LogP contribution in [0.25, 0.3) is 0 Å². The standard InChI is InChI=1S/C18H22O4/c1-10(2)12-6-5-11(3)13(7-12)8-14-15(19)9-16(22-4)18(21)17(14)20/h9,13,20H,3,5-8H2,1-2,4H3/t13-/m0/s1. The molecule has 0 aromatic heterocycles. The smallest absolute Gasteiger partial charge is 0.262 e. The van der Waals surface area contributed by atoms with E-state index in [-0.39, 0.29) is 23.0 Å². The van der Waals surface area contributed by atoms with E-state index in [4.69, 9.17) is 4.74 Å². The molecule has 118 valence electrons. The second-order valence-electron chi connectivity index (χ2n) is 6.10. The first-order valence-electron chi connectivity index (χ1n) is 7.44. The van der Waals surface area contributed by atoms with Gasteiger partial charge in [-0.25, -0.2) is 0 Å². The van der Waals surface area contributed by atoms with Gasteiger partial charge < -0.3 is 9.84 Å². The number of hydrogen-bond donors (Lipinski definition) is 1. The Labute approximate surface area is 130 Å². The lowest BCUT2D eigenvalue weighted by molar-refractivity contribution is -0.120. The van der Waals surface area contributed by atoms with E-state index in [0.717, 1.165) is 30.9 Å². The van der Waals surface area contributed by atoms with Gasteiger partial charge in [0, 0.05) is 11.6 Å². The van der Waals surface area contributed by atoms with Gasteiger partial charge in [-0.3, -0.25) is 9.59 Å². The average molecular weight is 302 g/mol. The molecule has 0 radical (unpaired) electrons. The Hall–Kier alpha value is -2.10. The van der Waals surface area contributed by atoms with Gasteiger partial charge in [0.25, 0.3) is 5.78 Å². The van der Waals surface area contributed by atoms with Crippen LogP contribution in [-0.2, 0) is 14.3 Å². The maximum Gasteiger partial charge on any atom is 0.262 e. The van der Waals surface area contributed by atoms with Crippen molar-refractivity contribution in [3.05, 3.63) is 46.5 Å². The lowest BCUT2D eigenvalue weighted by Gasteiger charge is -2.29. The molecule has 0 bridgehead atoms. The summed E-state index contributed by atoms with van der Waals surface area (Å²) in [7, 11) is 1.30. The molecule has 4 nitrogen and oxygen atoms in total. The fourth-order valence-corrected chi connectivity index (χ4v) is 2.97. The molecule has 0 spiro atoms. The van der Waals surface area contributed by atoms with Gasteiger partial charge in [0.15, 0.2) is 17.3 Å². The summed E-state index contributed by atoms with van der Waals surface area (Å²) in [5.41, 5.74) is 3.92. The van der Waals surface area contributed by atoms with Gasteiger partial charge in [-0.15, -0.1) is 0 Å². The van der Waals surface area contributed by atoms with Crippen molar-refractivity contribution < 1.29 is 19.4 Å². The summed E-state index contributed by atoms with van der Waals surface area (Å²) in [5.74, 6) is -1.49. The van der Waals surface area contributed by atoms with Crippen molar-refractivity contribution in [1.29, 1.82) is 0 Å². The SMILES string of the molecule is C=C1CCC(=C(C)C)C[C@H]1CC1=C(O)C(=O)C(OC)=CC1=O. The van der Waals surface area contributed by atoms with E-state index < -0.39 is 11.5 Å². The van der Waals surface area contributed by atoms with Crippen molar-refractivity contribution in [1.82, 2.24) is 0 Å². The van der Waals surface area contributed by atoms with E-state index in [9.17, 15) is 14.7 Å². The molecular weight excluding hydrogens is 280 g/mol. The maximum atomic E-state index is 12.1. The van der Waals surface area contributed by atoms with E-state index in [2.05, 4.69) is 20.4 Å². The molecule has 0 aliphatic heterocycles. The third kappa shape index (κ3) is 3.06. The topological polar surface area (TPSA) is 63.6 Å². The largest absolute Gasteiger partial charge is 0.504 e. The molecule has 0 amide bonds. The van der Waals surface area contributed by atoms with Crippen LogP contribution < -0.4 is 0 Å². The molecule has 1 atom stereocenters. The average Bonchev–Trinajstić information content (AvgIpc) is 2.48. The summed E-state index contributed by atoms with van der Waals surface area (Å²) in [6.07, 6.45) is 4.23. The molecule has 22 heavy (non-hydrogen) atoms. The second kappa shape index (κ2) is 6.34. The summed E-state index contributed by atoms with van der Waals surface area (Å²) < 4.78 is 4.82. The van der Waals surface area contributed by atoms with Gasteiger partial charge in [0.1, 0.15) is 0 Å². The van der Waals surface area contributed by atoms with Gasteiger partial charge in [0.05, 0.1) is 7.11 Å². The van der Waals surface area contributed by atoms with Crippen LogP contribution in [0.15, 0.2) is 46.5 Å². The summed E-state index contributed by atoms with van der Waals surface area (Å²) in [6.45, 7) is 8.26. The van der Waals surface area contributed by atoms with Crippen LogP contribution in [0.2, 0.25) is 0 Å². The number of rotatable bonds is 3. The van der Waals surface area contributed by atoms with Crippen LogP contribution in [0.3, 0.4) is 0 Å². The highest BCUT2D eigenvalue weighted by Gasteiger charge is 2.32. The Balaban J connectivity index is 2.24. The summed E-state index contributed by atoms with van der Waals surface area (Å²) in [5, 5.41) is 10.0. The first kappa shape index (κ1) is 16.3. The van der Waals surface area contributed by atoms with Crippen LogP contribution >= 0.6 is 0 Å². The number of allylic oxidation sites excluding steroid dienone is 5. The zero-order chi connectivity index (χ0) is 16.4. The van der Waals surface area contributed by atoms with E-state index in [1.54, 1.807) is 0 Å². The van der Waals surface area contributed by atoms with E-state index >= 15 is 0 Å². The van der Waals surface area contributed by atoms with E-state index in [0.29, 0.717) is 6.42 Å². The van der Waals surface area contributed by atoms with Crippen LogP contribution in [0.1, 0.15) is 39.5 Å². The van der Waals surface area contributed by atoms with E-state index in [1.807, 2.05) is 0 Å². The van der Waals surface area contributed by atoms with Crippen LogP contribution in [0.5, 0.6) is 0 Å². The minimum Gasteiger partial charge on any atom is -0.504 e. The highest BCUT2D eigenvalue weighted by molar-refractivity contribution is 6.20. The maximum absolute atomic E-state index is 12.1. The molecule has 4 heteroatoms. The van der Waals surface area contributed by atoms with Gasteiger partial charge in [0.2, 0.25) is 0 Å². The first-order valence-corrected chi connectivity index (χ1v) is 7.44. The molecular formula is C18H22O4. The molecule has 0 aromatic carbocycles. The third-order valence-corrected chi connectivity index (χ3v) is 4.48.